The predicted octanol–water partition coefficient (Wildman–Crippen LogP) is 4.67. The van der Waals surface area contributed by atoms with E-state index in [1.807, 2.05) is 0 Å². The zero-order chi connectivity index (χ0) is 23.2. The van der Waals surface area contributed by atoms with Crippen molar-refractivity contribution in [2.45, 2.75) is 52.9 Å². The van der Waals surface area contributed by atoms with E-state index in [9.17, 15) is 22.8 Å². The predicted molar refractivity (Wildman–Crippen MR) is 118 cm³/mol. The maximum Gasteiger partial charge on any atom is 0.416 e. The zero-order valence-electron chi connectivity index (χ0n) is 17.6. The third kappa shape index (κ3) is 4.89. The smallest absolute Gasteiger partial charge is 0.416 e. The lowest BCUT2D eigenvalue weighted by molar-refractivity contribution is -0.138. The summed E-state index contributed by atoms with van der Waals surface area (Å²) in [6.07, 6.45) is -4.63. The van der Waals surface area contributed by atoms with Gasteiger partial charge in [0.2, 0.25) is 0 Å². The largest absolute Gasteiger partial charge is 0.486 e. The van der Waals surface area contributed by atoms with E-state index in [-0.39, 0.29) is 61.0 Å². The number of hydrogen-bond donors (Lipinski definition) is 1. The number of aryl methyl sites for hydroxylation is 2. The van der Waals surface area contributed by atoms with Crippen LogP contribution in [0.2, 0.25) is 5.02 Å². The van der Waals surface area contributed by atoms with Gasteiger partial charge in [-0.05, 0) is 43.5 Å². The van der Waals surface area contributed by atoms with Gasteiger partial charge < -0.3 is 19.4 Å². The van der Waals surface area contributed by atoms with Gasteiger partial charge in [-0.2, -0.15) is 13.2 Å². The van der Waals surface area contributed by atoms with Crippen LogP contribution in [0.25, 0.3) is 0 Å². The fraction of sp³-hybridized carbons (Fsp3) is 0.478. The van der Waals surface area contributed by atoms with Crippen LogP contribution in [0.3, 0.4) is 0 Å². The van der Waals surface area contributed by atoms with Crippen LogP contribution in [0, 0.1) is 13.8 Å². The topological polar surface area (TPSA) is 71.6 Å². The number of nitrogens with zero attached hydrogens (tertiary/aromatic N) is 1. The molecule has 2 aliphatic heterocycles. The van der Waals surface area contributed by atoms with E-state index in [1.54, 1.807) is 19.9 Å². The molecule has 0 radical (unpaired) electrons. The highest BCUT2D eigenvalue weighted by atomic mass is 35.5. The van der Waals surface area contributed by atoms with Crippen LogP contribution in [-0.4, -0.2) is 41.7 Å². The maximum atomic E-state index is 13.8. The number of pyridine rings is 1. The van der Waals surface area contributed by atoms with Crippen molar-refractivity contribution in [3.05, 3.63) is 61.0 Å². The Labute approximate surface area is 194 Å². The number of rotatable bonds is 4. The van der Waals surface area contributed by atoms with Gasteiger partial charge in [0, 0.05) is 24.2 Å². The van der Waals surface area contributed by atoms with Gasteiger partial charge in [0.15, 0.2) is 0 Å². The van der Waals surface area contributed by atoms with Gasteiger partial charge in [0.25, 0.3) is 11.5 Å². The Kier molecular flexibility index (Phi) is 7.14. The fourth-order valence-corrected chi connectivity index (χ4v) is 4.50. The Hall–Kier alpha value is -2.52. The number of nitrogens with one attached hydrogen (secondary N) is 1. The SMILES string of the molecule is C.Cc1cc(C)c(CN2CCc3c(C(F)(F)F)cc(O[C@@H]4CCOC4)c(Cl)c3C2=O)c(=O)[nH]1. The molecule has 1 N–H and O–H groups in total. The maximum absolute atomic E-state index is 13.8. The summed E-state index contributed by atoms with van der Waals surface area (Å²) >= 11 is 6.43. The van der Waals surface area contributed by atoms with E-state index in [0.29, 0.717) is 29.8 Å². The molecule has 1 fully saturated rings. The summed E-state index contributed by atoms with van der Waals surface area (Å²) in [6.45, 7) is 4.19. The fourth-order valence-electron chi connectivity index (χ4n) is 4.20. The minimum absolute atomic E-state index is 0. The summed E-state index contributed by atoms with van der Waals surface area (Å²) in [5.41, 5.74) is 0.142. The Morgan fingerprint density at radius 2 is 2.00 bits per heavy atom. The summed E-state index contributed by atoms with van der Waals surface area (Å²) < 4.78 is 52.4. The van der Waals surface area contributed by atoms with E-state index < -0.39 is 23.8 Å². The second kappa shape index (κ2) is 9.38. The van der Waals surface area contributed by atoms with Crippen molar-refractivity contribution in [2.24, 2.45) is 0 Å². The van der Waals surface area contributed by atoms with Gasteiger partial charge in [-0.1, -0.05) is 19.0 Å². The van der Waals surface area contributed by atoms with Crippen LogP contribution in [0.1, 0.15) is 52.2 Å². The quantitative estimate of drug-likeness (QED) is 0.682. The number of halogens is 4. The lowest BCUT2D eigenvalue weighted by Gasteiger charge is -2.32. The molecule has 33 heavy (non-hydrogen) atoms. The number of carbonyl (C=O) groups is 1. The Balaban J connectivity index is 0.00000306. The van der Waals surface area contributed by atoms with E-state index in [4.69, 9.17) is 21.1 Å². The number of amides is 1. The molecular formula is C23H26ClF3N2O4. The van der Waals surface area contributed by atoms with Crippen LogP contribution >= 0.6 is 11.6 Å². The lowest BCUT2D eigenvalue weighted by Crippen LogP contribution is -2.40. The molecule has 1 atom stereocenters. The molecule has 2 aliphatic rings. The molecule has 1 aromatic carbocycles. The van der Waals surface area contributed by atoms with Gasteiger partial charge in [0.05, 0.1) is 35.9 Å². The first-order valence-electron chi connectivity index (χ1n) is 10.2. The van der Waals surface area contributed by atoms with Crippen LogP contribution < -0.4 is 10.3 Å². The van der Waals surface area contributed by atoms with Gasteiger partial charge >= 0.3 is 6.18 Å². The number of carbonyl (C=O) groups excluding carboxylic acids is 1. The van der Waals surface area contributed by atoms with Gasteiger partial charge in [-0.25, -0.2) is 0 Å². The molecule has 1 amide bonds. The molecule has 1 aromatic heterocycles. The minimum atomic E-state index is -4.67. The minimum Gasteiger partial charge on any atom is -0.486 e. The lowest BCUT2D eigenvalue weighted by atomic mass is 9.92. The molecule has 0 unspecified atom stereocenters. The number of aromatic amines is 1. The molecule has 0 bridgehead atoms. The third-order valence-corrected chi connectivity index (χ3v) is 6.18. The van der Waals surface area contributed by atoms with Crippen molar-refractivity contribution in [1.29, 1.82) is 0 Å². The van der Waals surface area contributed by atoms with Gasteiger partial charge in [-0.3, -0.25) is 9.59 Å². The number of alkyl halides is 3. The molecule has 10 heteroatoms. The van der Waals surface area contributed by atoms with E-state index >= 15 is 0 Å². The number of hydrogen-bond acceptors (Lipinski definition) is 4. The van der Waals surface area contributed by atoms with Crippen LogP contribution in [-0.2, 0) is 23.9 Å². The summed E-state index contributed by atoms with van der Waals surface area (Å²) in [5, 5.41) is -0.149. The summed E-state index contributed by atoms with van der Waals surface area (Å²) in [6, 6.07) is 2.65. The summed E-state index contributed by atoms with van der Waals surface area (Å²) in [4.78, 5) is 29.7. The van der Waals surface area contributed by atoms with Crippen molar-refractivity contribution in [1.82, 2.24) is 9.88 Å². The number of H-pyrrole nitrogens is 1. The van der Waals surface area contributed by atoms with Crippen molar-refractivity contribution < 1.29 is 27.4 Å². The van der Waals surface area contributed by atoms with Crippen molar-refractivity contribution in [3.8, 4) is 5.75 Å². The van der Waals surface area contributed by atoms with E-state index in [1.165, 1.54) is 4.90 Å². The molecule has 6 nitrogen and oxygen atoms in total. The first-order valence-corrected chi connectivity index (χ1v) is 10.6. The number of benzene rings is 1. The Bertz CT molecular complexity index is 1120. The standard InChI is InChI=1S/C22H22ClF3N2O4.CH4/c1-11-7-12(2)27-20(29)15(11)9-28-5-3-14-16(22(24,25)26)8-17(19(23)18(14)21(28)30)32-13-4-6-31-10-13;/h7-8,13H,3-6,9-10H2,1-2H3,(H,27,29);1H4/t13-;/m1./s1. The second-order valence-corrected chi connectivity index (χ2v) is 8.49. The number of ether oxygens (including phenoxy) is 2. The molecule has 0 aliphatic carbocycles. The average molecular weight is 487 g/mol. The Morgan fingerprint density at radius 1 is 1.27 bits per heavy atom. The number of fused-ring (bicyclic) bond motifs is 1. The highest BCUT2D eigenvalue weighted by Crippen LogP contribution is 2.43. The van der Waals surface area contributed by atoms with Gasteiger partial charge in [0.1, 0.15) is 11.9 Å². The second-order valence-electron chi connectivity index (χ2n) is 8.11. The van der Waals surface area contributed by atoms with Crippen molar-refractivity contribution in [3.63, 3.8) is 0 Å². The number of aromatic nitrogens is 1. The molecule has 2 aromatic rings. The monoisotopic (exact) mass is 486 g/mol. The normalized spacial score (nSPS) is 18.2. The average Bonchev–Trinajstić information content (AvgIpc) is 3.20. The third-order valence-electron chi connectivity index (χ3n) is 5.80. The van der Waals surface area contributed by atoms with Gasteiger partial charge in [-0.15, -0.1) is 0 Å². The van der Waals surface area contributed by atoms with Crippen molar-refractivity contribution >= 4 is 17.5 Å². The van der Waals surface area contributed by atoms with Crippen LogP contribution in [0.5, 0.6) is 5.75 Å². The van der Waals surface area contributed by atoms with Crippen molar-refractivity contribution in [2.75, 3.05) is 19.8 Å². The molecule has 3 heterocycles. The molecule has 4 rings (SSSR count). The van der Waals surface area contributed by atoms with Crippen LogP contribution in [0.15, 0.2) is 16.9 Å². The molecule has 1 saturated heterocycles. The van der Waals surface area contributed by atoms with E-state index in [2.05, 4.69) is 4.98 Å². The Morgan fingerprint density at radius 3 is 2.61 bits per heavy atom. The first-order chi connectivity index (χ1) is 15.1. The van der Waals surface area contributed by atoms with E-state index in [0.717, 1.165) is 6.07 Å². The summed E-state index contributed by atoms with van der Waals surface area (Å²) in [5.74, 6) is -0.845. The molecule has 0 spiro atoms. The highest BCUT2D eigenvalue weighted by Gasteiger charge is 2.40. The summed E-state index contributed by atoms with van der Waals surface area (Å²) in [7, 11) is 0. The molecule has 180 valence electrons. The molecule has 0 saturated carbocycles. The van der Waals surface area contributed by atoms with Crippen LogP contribution in [0.4, 0.5) is 13.2 Å². The first kappa shape index (κ1) is 25.1. The highest BCUT2D eigenvalue weighted by molar-refractivity contribution is 6.35. The zero-order valence-corrected chi connectivity index (χ0v) is 18.3. The molecular weight excluding hydrogens is 461 g/mol.